The van der Waals surface area contributed by atoms with Gasteiger partial charge < -0.3 is 19.4 Å². The van der Waals surface area contributed by atoms with E-state index < -0.39 is 51.4 Å². The minimum Gasteiger partial charge on any atom is -0.849 e. The number of benzene rings is 2. The zero-order valence-electron chi connectivity index (χ0n) is 24.3. The number of carbonyl (C=O) groups excluding carboxylic acids is 1. The minimum atomic E-state index is -4.56. The standard InChI is InChI=1S/C28H27F3N3O7S2.Na/c1-18-22(32-13-12-24(18)41-17-28(29,30)31)15-42(37)26-33-21-6-4-5-7-23(21)34(26)43(38,39)20-10-8-19(9-11-20)40-16-27(2,3)25(36)14-35;/h4-13H,14-17H2,1-3H3;/q-1;+1. The quantitative estimate of drug-likeness (QED) is 0.199. The van der Waals surface area contributed by atoms with Crippen molar-refractivity contribution < 1.29 is 74.7 Å². The van der Waals surface area contributed by atoms with Crippen molar-refractivity contribution in [3.8, 4) is 11.5 Å². The van der Waals surface area contributed by atoms with Crippen molar-refractivity contribution in [3.05, 3.63) is 72.1 Å². The number of ketones is 1. The van der Waals surface area contributed by atoms with Crippen LogP contribution in [0.2, 0.25) is 0 Å². The number of Topliss-reactive ketones (excluding diaryl/α,β-unsaturated/α-hetero) is 1. The summed E-state index contributed by atoms with van der Waals surface area (Å²) in [6, 6.07) is 12.9. The molecule has 0 aliphatic carbocycles. The van der Waals surface area contributed by atoms with E-state index in [0.717, 1.165) is 3.97 Å². The molecule has 0 saturated carbocycles. The fourth-order valence-corrected chi connectivity index (χ4v) is 6.97. The normalized spacial score (nSPS) is 12.9. The molecule has 0 amide bonds. The molecule has 1 unspecified atom stereocenters. The summed E-state index contributed by atoms with van der Waals surface area (Å²) in [5.74, 6) is -0.702. The first-order valence-corrected chi connectivity index (χ1v) is 15.5. The molecular formula is C28H27F3N3NaO7S2. The van der Waals surface area contributed by atoms with E-state index >= 15 is 0 Å². The third-order valence-electron chi connectivity index (χ3n) is 6.46. The number of fused-ring (bicyclic) bond motifs is 1. The van der Waals surface area contributed by atoms with E-state index in [0.29, 0.717) is 0 Å². The Morgan fingerprint density at radius 1 is 1.02 bits per heavy atom. The summed E-state index contributed by atoms with van der Waals surface area (Å²) in [5.41, 5.74) is -0.240. The second-order valence-electron chi connectivity index (χ2n) is 10.1. The van der Waals surface area contributed by atoms with Crippen LogP contribution in [-0.2, 0) is 31.4 Å². The van der Waals surface area contributed by atoms with Crippen LogP contribution in [0.25, 0.3) is 11.0 Å². The summed E-state index contributed by atoms with van der Waals surface area (Å²) in [4.78, 5) is 20.1. The van der Waals surface area contributed by atoms with Gasteiger partial charge in [0, 0.05) is 11.8 Å². The van der Waals surface area contributed by atoms with Crippen LogP contribution in [0.3, 0.4) is 0 Å². The van der Waals surface area contributed by atoms with Gasteiger partial charge in [0.25, 0.3) is 10.0 Å². The molecule has 0 bridgehead atoms. The Balaban J connectivity index is 0.00000529. The summed E-state index contributed by atoms with van der Waals surface area (Å²) in [6.45, 7) is 2.11. The maximum absolute atomic E-state index is 13.9. The molecule has 0 spiro atoms. The molecule has 16 heteroatoms. The van der Waals surface area contributed by atoms with E-state index in [1.807, 2.05) is 0 Å². The minimum absolute atomic E-state index is 0. The summed E-state index contributed by atoms with van der Waals surface area (Å²) >= 11 is 0. The van der Waals surface area contributed by atoms with E-state index in [-0.39, 0.29) is 85.8 Å². The van der Waals surface area contributed by atoms with Crippen molar-refractivity contribution in [1.82, 2.24) is 13.9 Å². The van der Waals surface area contributed by atoms with Crippen LogP contribution in [0.5, 0.6) is 11.5 Å². The molecule has 10 nitrogen and oxygen atoms in total. The first-order chi connectivity index (χ1) is 20.1. The van der Waals surface area contributed by atoms with Gasteiger partial charge in [0.05, 0.1) is 43.6 Å². The van der Waals surface area contributed by atoms with E-state index in [4.69, 9.17) is 9.47 Å². The topological polar surface area (TPSA) is 141 Å². The molecule has 4 rings (SSSR count). The first-order valence-electron chi connectivity index (χ1n) is 12.7. The van der Waals surface area contributed by atoms with E-state index in [1.165, 1.54) is 49.5 Å². The Hall–Kier alpha value is -2.82. The van der Waals surface area contributed by atoms with Gasteiger partial charge in [0.15, 0.2) is 6.61 Å². The fourth-order valence-electron chi connectivity index (χ4n) is 3.92. The van der Waals surface area contributed by atoms with Crippen molar-refractivity contribution in [2.75, 3.05) is 19.8 Å². The maximum atomic E-state index is 13.9. The van der Waals surface area contributed by atoms with Crippen LogP contribution in [0.4, 0.5) is 13.2 Å². The number of ether oxygens (including phenoxy) is 2. The number of aromatic nitrogens is 3. The average Bonchev–Trinajstić information content (AvgIpc) is 3.37. The molecule has 1 atom stereocenters. The zero-order chi connectivity index (χ0) is 31.6. The van der Waals surface area contributed by atoms with Gasteiger partial charge in [-0.25, -0.2) is 17.4 Å². The maximum Gasteiger partial charge on any atom is 1.00 e. The first kappa shape index (κ1) is 35.7. The van der Waals surface area contributed by atoms with Gasteiger partial charge in [-0.2, -0.15) is 13.2 Å². The molecule has 0 radical (unpaired) electrons. The number of hydrogen-bond donors (Lipinski definition) is 0. The molecule has 0 aliphatic rings. The van der Waals surface area contributed by atoms with Crippen LogP contribution in [0.15, 0.2) is 70.8 Å². The number of halogens is 3. The Morgan fingerprint density at radius 3 is 2.32 bits per heavy atom. The van der Waals surface area contributed by atoms with Crippen LogP contribution in [-0.4, -0.2) is 58.3 Å². The van der Waals surface area contributed by atoms with Gasteiger partial charge in [-0.05, 0) is 63.2 Å². The van der Waals surface area contributed by atoms with Crippen molar-refractivity contribution >= 4 is 37.6 Å². The van der Waals surface area contributed by atoms with Gasteiger partial charge in [0.1, 0.15) is 23.9 Å². The predicted molar refractivity (Wildman–Crippen MR) is 149 cm³/mol. The zero-order valence-corrected chi connectivity index (χ0v) is 27.9. The summed E-state index contributed by atoms with van der Waals surface area (Å²) in [7, 11) is -6.48. The van der Waals surface area contributed by atoms with Crippen LogP contribution >= 0.6 is 0 Å². The molecule has 0 N–H and O–H groups in total. The Kier molecular flexibility index (Phi) is 11.4. The third-order valence-corrected chi connectivity index (χ3v) is 9.51. The van der Waals surface area contributed by atoms with Gasteiger partial charge >= 0.3 is 35.7 Å². The Morgan fingerprint density at radius 2 is 1.68 bits per heavy atom. The predicted octanol–water partition coefficient (Wildman–Crippen LogP) is 0.564. The number of imidazole rings is 1. The number of alkyl halides is 3. The van der Waals surface area contributed by atoms with Gasteiger partial charge in [-0.1, -0.05) is 18.7 Å². The number of rotatable bonds is 12. The molecular weight excluding hydrogens is 634 g/mol. The smallest absolute Gasteiger partial charge is 0.849 e. The molecule has 0 saturated heterocycles. The number of pyridine rings is 1. The van der Waals surface area contributed by atoms with Crippen LogP contribution in [0.1, 0.15) is 25.1 Å². The van der Waals surface area contributed by atoms with E-state index in [2.05, 4.69) is 9.97 Å². The Bertz CT molecular complexity index is 1780. The van der Waals surface area contributed by atoms with Gasteiger partial charge in [-0.15, -0.1) is 0 Å². The Labute approximate surface area is 276 Å². The van der Waals surface area contributed by atoms with Gasteiger partial charge in [-0.3, -0.25) is 9.19 Å². The number of nitrogens with zero attached hydrogens (tertiary/aromatic N) is 3. The molecule has 2 heterocycles. The SMILES string of the molecule is Cc1c(OCC(F)(F)F)ccnc1CS(=O)c1nc2ccccc2n1S(=O)(=O)c1ccc(OCC(C)(C)C(=O)C[O-])cc1.[Na+]. The monoisotopic (exact) mass is 661 g/mol. The second-order valence-corrected chi connectivity index (χ2v) is 13.3. The van der Waals surface area contributed by atoms with Crippen LogP contribution < -0.4 is 44.1 Å². The molecule has 0 aliphatic heterocycles. The van der Waals surface area contributed by atoms with Gasteiger partial charge in [0.2, 0.25) is 5.16 Å². The fraction of sp³-hybridized carbons (Fsp3) is 0.321. The van der Waals surface area contributed by atoms with Crippen molar-refractivity contribution in [3.63, 3.8) is 0 Å². The number of carbonyl (C=O) groups is 1. The van der Waals surface area contributed by atoms with Crippen molar-refractivity contribution in [1.29, 1.82) is 0 Å². The largest absolute Gasteiger partial charge is 1.00 e. The molecule has 44 heavy (non-hydrogen) atoms. The van der Waals surface area contributed by atoms with Crippen molar-refractivity contribution in [2.24, 2.45) is 5.41 Å². The molecule has 4 aromatic rings. The van der Waals surface area contributed by atoms with E-state index in [1.54, 1.807) is 32.0 Å². The summed E-state index contributed by atoms with van der Waals surface area (Å²) < 4.78 is 90.7. The number of para-hydroxylation sites is 2. The van der Waals surface area contributed by atoms with Crippen molar-refractivity contribution in [2.45, 2.75) is 42.8 Å². The number of hydrogen-bond acceptors (Lipinski definition) is 9. The summed E-state index contributed by atoms with van der Waals surface area (Å²) in [5, 5.41) is 10.7. The third kappa shape index (κ3) is 8.06. The second kappa shape index (κ2) is 14.1. The molecule has 2 aromatic heterocycles. The summed E-state index contributed by atoms with van der Waals surface area (Å²) in [6.07, 6.45) is -3.35. The average molecular weight is 662 g/mol. The molecule has 0 fully saturated rings. The molecule has 2 aromatic carbocycles. The van der Waals surface area contributed by atoms with Crippen LogP contribution in [0, 0.1) is 12.3 Å². The molecule has 230 valence electrons. The van der Waals surface area contributed by atoms with E-state index in [9.17, 15) is 35.7 Å².